The van der Waals surface area contributed by atoms with Crippen LogP contribution >= 0.6 is 0 Å². The number of hydrogen-bond acceptors (Lipinski definition) is 5. The van der Waals surface area contributed by atoms with Crippen LogP contribution in [0.2, 0.25) is 0 Å². The molecule has 1 aliphatic heterocycles. The van der Waals surface area contributed by atoms with Gasteiger partial charge >= 0.3 is 0 Å². The summed E-state index contributed by atoms with van der Waals surface area (Å²) in [5.41, 5.74) is 4.02. The maximum Gasteiger partial charge on any atom is 0.176 e. The SMILES string of the molecule is CCN1c2cc(C(C(C)=N)C3C=C3)ccc2Nc2nccnc21.[HH]. The minimum atomic E-state index is 0. The summed E-state index contributed by atoms with van der Waals surface area (Å²) in [5, 5.41) is 11.5. The molecule has 0 fully saturated rings. The maximum absolute atomic E-state index is 8.12. The number of hydrogen-bond donors (Lipinski definition) is 2. The molecular formula is C18H21N5. The van der Waals surface area contributed by atoms with Crippen LogP contribution in [-0.4, -0.2) is 22.2 Å². The highest BCUT2D eigenvalue weighted by Gasteiger charge is 2.30. The molecule has 5 nitrogen and oxygen atoms in total. The number of allylic oxidation sites excluding steroid dienone is 2. The lowest BCUT2D eigenvalue weighted by Gasteiger charge is -2.32. The van der Waals surface area contributed by atoms with Crippen molar-refractivity contribution < 1.29 is 1.43 Å². The molecule has 1 aromatic carbocycles. The van der Waals surface area contributed by atoms with Crippen molar-refractivity contribution in [2.24, 2.45) is 5.92 Å². The highest BCUT2D eigenvalue weighted by atomic mass is 15.3. The van der Waals surface area contributed by atoms with Crippen LogP contribution in [0.4, 0.5) is 23.0 Å². The smallest absolute Gasteiger partial charge is 0.176 e. The van der Waals surface area contributed by atoms with E-state index >= 15 is 0 Å². The molecule has 0 amide bonds. The lowest BCUT2D eigenvalue weighted by molar-refractivity contribution is 0.812. The predicted octanol–water partition coefficient (Wildman–Crippen LogP) is 4.25. The van der Waals surface area contributed by atoms with Crippen LogP contribution in [0.5, 0.6) is 0 Å². The van der Waals surface area contributed by atoms with Crippen molar-refractivity contribution in [1.29, 1.82) is 5.41 Å². The molecule has 0 spiro atoms. The Labute approximate surface area is 137 Å². The van der Waals surface area contributed by atoms with Crippen molar-refractivity contribution in [2.45, 2.75) is 19.8 Å². The monoisotopic (exact) mass is 307 g/mol. The molecule has 0 saturated heterocycles. The van der Waals surface area contributed by atoms with Gasteiger partial charge in [-0.3, -0.25) is 0 Å². The minimum absolute atomic E-state index is 0. The Morgan fingerprint density at radius 2 is 2.13 bits per heavy atom. The molecule has 23 heavy (non-hydrogen) atoms. The molecule has 1 aromatic heterocycles. The molecule has 1 atom stereocenters. The highest BCUT2D eigenvalue weighted by Crippen LogP contribution is 2.44. The Kier molecular flexibility index (Phi) is 3.15. The molecule has 4 rings (SSSR count). The fraction of sp³-hybridized carbons (Fsp3) is 0.278. The summed E-state index contributed by atoms with van der Waals surface area (Å²) in [6.07, 6.45) is 7.75. The number of anilines is 4. The van der Waals surface area contributed by atoms with Crippen LogP contribution in [-0.2, 0) is 0 Å². The van der Waals surface area contributed by atoms with E-state index in [0.29, 0.717) is 11.6 Å². The third kappa shape index (κ3) is 2.29. The van der Waals surface area contributed by atoms with E-state index in [1.807, 2.05) is 6.92 Å². The summed E-state index contributed by atoms with van der Waals surface area (Å²) in [6, 6.07) is 6.39. The average molecular weight is 307 g/mol. The van der Waals surface area contributed by atoms with Gasteiger partial charge in [0.2, 0.25) is 0 Å². The number of nitrogens with zero attached hydrogens (tertiary/aromatic N) is 3. The molecule has 2 N–H and O–H groups in total. The first kappa shape index (κ1) is 13.9. The van der Waals surface area contributed by atoms with E-state index in [9.17, 15) is 0 Å². The number of benzene rings is 1. The first-order valence-electron chi connectivity index (χ1n) is 7.92. The Morgan fingerprint density at radius 3 is 2.83 bits per heavy atom. The number of aromatic nitrogens is 2. The summed E-state index contributed by atoms with van der Waals surface area (Å²) >= 11 is 0. The standard InChI is InChI=1S/C18H19N5.H2/c1-3-23-15-10-13(16(11(2)19)12-4-5-12)6-7-14(15)22-17-18(23)21-9-8-20-17;/h4-10,12,16,19H,3H2,1-2H3,(H,20,22);1H. The van der Waals surface area contributed by atoms with Crippen LogP contribution in [0.15, 0.2) is 42.7 Å². The molecule has 118 valence electrons. The van der Waals surface area contributed by atoms with E-state index in [-0.39, 0.29) is 7.34 Å². The topological polar surface area (TPSA) is 64.9 Å². The van der Waals surface area contributed by atoms with Crippen LogP contribution in [0.1, 0.15) is 26.8 Å². The van der Waals surface area contributed by atoms with Gasteiger partial charge in [-0.05, 0) is 31.5 Å². The molecule has 0 saturated carbocycles. The van der Waals surface area contributed by atoms with Crippen LogP contribution in [0, 0.1) is 11.3 Å². The van der Waals surface area contributed by atoms with Crippen molar-refractivity contribution in [3.05, 3.63) is 48.3 Å². The second-order valence-electron chi connectivity index (χ2n) is 6.00. The quantitative estimate of drug-likeness (QED) is 0.655. The average Bonchev–Trinajstić information content (AvgIpc) is 3.37. The minimum Gasteiger partial charge on any atom is -0.335 e. The van der Waals surface area contributed by atoms with Gasteiger partial charge in [-0.2, -0.15) is 0 Å². The first-order chi connectivity index (χ1) is 11.2. The highest BCUT2D eigenvalue weighted by molar-refractivity contribution is 5.91. The first-order valence-corrected chi connectivity index (χ1v) is 7.92. The van der Waals surface area contributed by atoms with Crippen molar-refractivity contribution in [1.82, 2.24) is 9.97 Å². The summed E-state index contributed by atoms with van der Waals surface area (Å²) in [6.45, 7) is 4.82. The zero-order valence-electron chi connectivity index (χ0n) is 13.2. The predicted molar refractivity (Wildman–Crippen MR) is 95.3 cm³/mol. The van der Waals surface area contributed by atoms with Crippen LogP contribution in [0.25, 0.3) is 0 Å². The Hall–Kier alpha value is -2.69. The fourth-order valence-corrected chi connectivity index (χ4v) is 3.30. The molecule has 2 heterocycles. The molecule has 1 unspecified atom stereocenters. The Bertz CT molecular complexity index is 811. The molecule has 0 radical (unpaired) electrons. The van der Waals surface area contributed by atoms with Gasteiger partial charge in [0, 0.05) is 37.9 Å². The zero-order valence-corrected chi connectivity index (χ0v) is 13.2. The van der Waals surface area contributed by atoms with Crippen LogP contribution < -0.4 is 10.2 Å². The normalized spacial score (nSPS) is 16.3. The van der Waals surface area contributed by atoms with Crippen LogP contribution in [0.3, 0.4) is 0 Å². The van der Waals surface area contributed by atoms with Gasteiger partial charge in [0.25, 0.3) is 0 Å². The van der Waals surface area contributed by atoms with Crippen molar-refractivity contribution >= 4 is 28.7 Å². The number of nitrogens with one attached hydrogen (secondary N) is 2. The summed E-state index contributed by atoms with van der Waals surface area (Å²) in [4.78, 5) is 11.0. The molecule has 1 aliphatic carbocycles. The van der Waals surface area contributed by atoms with E-state index in [2.05, 4.69) is 57.5 Å². The van der Waals surface area contributed by atoms with Gasteiger partial charge in [0.05, 0.1) is 11.4 Å². The zero-order chi connectivity index (χ0) is 16.0. The fourth-order valence-electron chi connectivity index (χ4n) is 3.30. The van der Waals surface area contributed by atoms with E-state index in [1.54, 1.807) is 12.4 Å². The van der Waals surface area contributed by atoms with E-state index in [0.717, 1.165) is 29.6 Å². The lowest BCUT2D eigenvalue weighted by atomic mass is 9.88. The summed E-state index contributed by atoms with van der Waals surface area (Å²) in [5.74, 6) is 2.18. The van der Waals surface area contributed by atoms with Gasteiger partial charge in [-0.25, -0.2) is 9.97 Å². The Morgan fingerprint density at radius 1 is 1.35 bits per heavy atom. The van der Waals surface area contributed by atoms with Gasteiger partial charge in [0.15, 0.2) is 11.6 Å². The Balaban J connectivity index is 0.00000169. The van der Waals surface area contributed by atoms with Crippen molar-refractivity contribution in [2.75, 3.05) is 16.8 Å². The molecule has 2 aliphatic rings. The second kappa shape index (κ2) is 5.19. The van der Waals surface area contributed by atoms with Gasteiger partial charge in [0.1, 0.15) is 0 Å². The van der Waals surface area contributed by atoms with E-state index in [1.165, 1.54) is 5.56 Å². The van der Waals surface area contributed by atoms with Gasteiger partial charge < -0.3 is 15.6 Å². The lowest BCUT2D eigenvalue weighted by Crippen LogP contribution is -2.24. The molecule has 5 heteroatoms. The van der Waals surface area contributed by atoms with Crippen molar-refractivity contribution in [3.63, 3.8) is 0 Å². The molecule has 0 bridgehead atoms. The summed E-state index contributed by atoms with van der Waals surface area (Å²) in [7, 11) is 0. The molecule has 2 aromatic rings. The van der Waals surface area contributed by atoms with Crippen molar-refractivity contribution in [3.8, 4) is 0 Å². The number of rotatable bonds is 4. The van der Waals surface area contributed by atoms with E-state index in [4.69, 9.17) is 5.41 Å². The van der Waals surface area contributed by atoms with E-state index < -0.39 is 0 Å². The second-order valence-corrected chi connectivity index (χ2v) is 6.00. The summed E-state index contributed by atoms with van der Waals surface area (Å²) < 4.78 is 0. The number of fused-ring (bicyclic) bond motifs is 2. The maximum atomic E-state index is 8.12. The van der Waals surface area contributed by atoms with Gasteiger partial charge in [-0.15, -0.1) is 0 Å². The third-order valence-electron chi connectivity index (χ3n) is 4.44. The third-order valence-corrected chi connectivity index (χ3v) is 4.44. The largest absolute Gasteiger partial charge is 0.335 e. The van der Waals surface area contributed by atoms with Gasteiger partial charge in [-0.1, -0.05) is 18.2 Å². The molecular weight excluding hydrogens is 286 g/mol.